The van der Waals surface area contributed by atoms with Crippen LogP contribution < -0.4 is 5.32 Å². The number of halogens is 2. The fourth-order valence-electron chi connectivity index (χ4n) is 1.40. The predicted octanol–water partition coefficient (Wildman–Crippen LogP) is 0.296. The van der Waals surface area contributed by atoms with Gasteiger partial charge in [-0.2, -0.15) is 0 Å². The van der Waals surface area contributed by atoms with Crippen molar-refractivity contribution in [3.8, 4) is 0 Å². The molecule has 1 saturated heterocycles. The van der Waals surface area contributed by atoms with Crippen LogP contribution in [0.2, 0.25) is 0 Å². The van der Waals surface area contributed by atoms with Crippen molar-refractivity contribution < 1.29 is 23.4 Å². The Bertz CT molecular complexity index is 225. The van der Waals surface area contributed by atoms with Gasteiger partial charge in [-0.3, -0.25) is 4.79 Å². The molecule has 3 atom stereocenters. The molecule has 0 saturated carbocycles. The van der Waals surface area contributed by atoms with E-state index in [4.69, 9.17) is 9.84 Å². The van der Waals surface area contributed by atoms with Crippen molar-refractivity contribution in [1.82, 2.24) is 5.32 Å². The lowest BCUT2D eigenvalue weighted by molar-refractivity contribution is -0.132. The van der Waals surface area contributed by atoms with Gasteiger partial charge in [0.2, 0.25) is 5.91 Å². The number of hydrogen-bond acceptors (Lipinski definition) is 3. The lowest BCUT2D eigenvalue weighted by atomic mass is 10.2. The molecule has 3 unspecified atom stereocenters. The van der Waals surface area contributed by atoms with E-state index < -0.39 is 31.1 Å². The third-order valence-electron chi connectivity index (χ3n) is 2.30. The molecule has 88 valence electrons. The summed E-state index contributed by atoms with van der Waals surface area (Å²) in [5.41, 5.74) is 0. The Morgan fingerprint density at radius 3 is 2.73 bits per heavy atom. The molecule has 1 fully saturated rings. The first-order valence-electron chi connectivity index (χ1n) is 4.90. The summed E-state index contributed by atoms with van der Waals surface area (Å²) in [5.74, 6) is -0.431. The molecule has 0 aromatic heterocycles. The quantitative estimate of drug-likeness (QED) is 0.720. The second-order valence-corrected chi connectivity index (χ2v) is 3.66. The molecule has 6 heteroatoms. The van der Waals surface area contributed by atoms with E-state index >= 15 is 0 Å². The highest BCUT2D eigenvalue weighted by Gasteiger charge is 2.28. The maximum atomic E-state index is 11.9. The van der Waals surface area contributed by atoms with Gasteiger partial charge in [-0.25, -0.2) is 8.78 Å². The van der Waals surface area contributed by atoms with Crippen LogP contribution in [0.5, 0.6) is 0 Å². The van der Waals surface area contributed by atoms with E-state index in [-0.39, 0.29) is 6.10 Å². The summed E-state index contributed by atoms with van der Waals surface area (Å²) in [4.78, 5) is 11.3. The smallest absolute Gasteiger partial charge is 0.265 e. The second kappa shape index (κ2) is 5.37. The molecule has 1 aliphatic rings. The van der Waals surface area contributed by atoms with E-state index in [9.17, 15) is 13.6 Å². The fraction of sp³-hybridized carbons (Fsp3) is 0.889. The molecule has 15 heavy (non-hydrogen) atoms. The maximum Gasteiger partial charge on any atom is 0.265 e. The standard InChI is InChI=1S/C9H15F2NO3/c1-5-2-3-7(15-5)9(14)12-4-6(13)8(10)11/h5-8,13H,2-4H2,1H3,(H,12,14). The normalized spacial score (nSPS) is 28.1. The van der Waals surface area contributed by atoms with E-state index in [1.807, 2.05) is 6.92 Å². The van der Waals surface area contributed by atoms with Crippen molar-refractivity contribution in [2.45, 2.75) is 44.5 Å². The summed E-state index contributed by atoms with van der Waals surface area (Å²) in [6.45, 7) is 1.41. The Balaban J connectivity index is 2.24. The molecular weight excluding hydrogens is 208 g/mol. The number of carbonyl (C=O) groups is 1. The summed E-state index contributed by atoms with van der Waals surface area (Å²) in [6, 6.07) is 0. The summed E-state index contributed by atoms with van der Waals surface area (Å²) in [5, 5.41) is 11.0. The average Bonchev–Trinajstić information content (AvgIpc) is 2.60. The van der Waals surface area contributed by atoms with E-state index in [2.05, 4.69) is 5.32 Å². The fourth-order valence-corrected chi connectivity index (χ4v) is 1.40. The van der Waals surface area contributed by atoms with Crippen molar-refractivity contribution in [3.63, 3.8) is 0 Å². The van der Waals surface area contributed by atoms with E-state index in [0.29, 0.717) is 6.42 Å². The number of alkyl halides is 2. The van der Waals surface area contributed by atoms with Crippen LogP contribution in [0.1, 0.15) is 19.8 Å². The highest BCUT2D eigenvalue weighted by Crippen LogP contribution is 2.18. The molecule has 0 spiro atoms. The van der Waals surface area contributed by atoms with Crippen molar-refractivity contribution in [2.75, 3.05) is 6.54 Å². The molecule has 1 aliphatic heterocycles. The molecule has 0 aromatic carbocycles. The minimum Gasteiger partial charge on any atom is -0.385 e. The Kier molecular flexibility index (Phi) is 4.41. The molecule has 0 bridgehead atoms. The molecule has 4 nitrogen and oxygen atoms in total. The van der Waals surface area contributed by atoms with Gasteiger partial charge >= 0.3 is 0 Å². The van der Waals surface area contributed by atoms with Crippen LogP contribution in [0.3, 0.4) is 0 Å². The molecular formula is C9H15F2NO3. The third-order valence-corrected chi connectivity index (χ3v) is 2.30. The van der Waals surface area contributed by atoms with Crippen molar-refractivity contribution in [3.05, 3.63) is 0 Å². The number of nitrogens with one attached hydrogen (secondary N) is 1. The van der Waals surface area contributed by atoms with Gasteiger partial charge < -0.3 is 15.2 Å². The van der Waals surface area contributed by atoms with Gasteiger partial charge in [0.25, 0.3) is 6.43 Å². The van der Waals surface area contributed by atoms with E-state index in [0.717, 1.165) is 6.42 Å². The number of carbonyl (C=O) groups excluding carboxylic acids is 1. The van der Waals surface area contributed by atoms with Crippen LogP contribution in [0.4, 0.5) is 8.78 Å². The van der Waals surface area contributed by atoms with Gasteiger partial charge in [0.1, 0.15) is 12.2 Å². The van der Waals surface area contributed by atoms with Crippen LogP contribution in [-0.4, -0.2) is 42.3 Å². The monoisotopic (exact) mass is 223 g/mol. The molecule has 0 aromatic rings. The lowest BCUT2D eigenvalue weighted by Gasteiger charge is -2.14. The van der Waals surface area contributed by atoms with E-state index in [1.165, 1.54) is 0 Å². The Labute approximate surface area is 86.6 Å². The zero-order valence-electron chi connectivity index (χ0n) is 8.45. The Hall–Kier alpha value is -0.750. The molecule has 1 heterocycles. The van der Waals surface area contributed by atoms with Crippen LogP contribution >= 0.6 is 0 Å². The van der Waals surface area contributed by atoms with Gasteiger partial charge in [0.15, 0.2) is 0 Å². The minimum atomic E-state index is -2.84. The number of ether oxygens (including phenoxy) is 1. The van der Waals surface area contributed by atoms with Gasteiger partial charge in [-0.1, -0.05) is 0 Å². The van der Waals surface area contributed by atoms with Gasteiger partial charge in [0.05, 0.1) is 6.10 Å². The lowest BCUT2D eigenvalue weighted by Crippen LogP contribution is -2.41. The highest BCUT2D eigenvalue weighted by molar-refractivity contribution is 5.81. The van der Waals surface area contributed by atoms with Gasteiger partial charge in [-0.05, 0) is 19.8 Å². The SMILES string of the molecule is CC1CCC(C(=O)NCC(O)C(F)F)O1. The number of aliphatic hydroxyl groups is 1. The zero-order chi connectivity index (χ0) is 11.4. The first-order valence-corrected chi connectivity index (χ1v) is 4.90. The Morgan fingerprint density at radius 2 is 2.27 bits per heavy atom. The molecule has 0 aliphatic carbocycles. The van der Waals surface area contributed by atoms with Crippen LogP contribution in [0.15, 0.2) is 0 Å². The molecule has 1 amide bonds. The summed E-state index contributed by atoms with van der Waals surface area (Å²) in [7, 11) is 0. The van der Waals surface area contributed by atoms with Crippen molar-refractivity contribution in [2.24, 2.45) is 0 Å². The maximum absolute atomic E-state index is 11.9. The first-order chi connectivity index (χ1) is 7.00. The third kappa shape index (κ3) is 3.71. The topological polar surface area (TPSA) is 58.6 Å². The number of hydrogen-bond donors (Lipinski definition) is 2. The zero-order valence-corrected chi connectivity index (χ0v) is 8.45. The minimum absolute atomic E-state index is 0.0285. The number of rotatable bonds is 4. The molecule has 1 rings (SSSR count). The van der Waals surface area contributed by atoms with Crippen LogP contribution in [0, 0.1) is 0 Å². The van der Waals surface area contributed by atoms with Gasteiger partial charge in [-0.15, -0.1) is 0 Å². The molecule has 2 N–H and O–H groups in total. The van der Waals surface area contributed by atoms with E-state index in [1.54, 1.807) is 0 Å². The average molecular weight is 223 g/mol. The summed E-state index contributed by atoms with van der Waals surface area (Å²) < 4.78 is 29.0. The molecule has 0 radical (unpaired) electrons. The largest absolute Gasteiger partial charge is 0.385 e. The highest BCUT2D eigenvalue weighted by atomic mass is 19.3. The first kappa shape index (κ1) is 12.3. The Morgan fingerprint density at radius 1 is 1.60 bits per heavy atom. The second-order valence-electron chi connectivity index (χ2n) is 3.66. The summed E-state index contributed by atoms with van der Waals surface area (Å²) >= 11 is 0. The van der Waals surface area contributed by atoms with Crippen LogP contribution in [-0.2, 0) is 9.53 Å². The van der Waals surface area contributed by atoms with Crippen LogP contribution in [0.25, 0.3) is 0 Å². The number of amides is 1. The van der Waals surface area contributed by atoms with Gasteiger partial charge in [0, 0.05) is 6.54 Å². The van der Waals surface area contributed by atoms with Crippen molar-refractivity contribution >= 4 is 5.91 Å². The van der Waals surface area contributed by atoms with Crippen molar-refractivity contribution in [1.29, 1.82) is 0 Å². The summed E-state index contributed by atoms with van der Waals surface area (Å²) in [6.07, 6.45) is -3.81. The number of aliphatic hydroxyl groups excluding tert-OH is 1. The predicted molar refractivity (Wildman–Crippen MR) is 48.6 cm³/mol.